The molecule has 2 N–H and O–H groups in total. The minimum absolute atomic E-state index is 0.125. The van der Waals surface area contributed by atoms with Crippen molar-refractivity contribution in [3.63, 3.8) is 0 Å². The number of amides is 3. The van der Waals surface area contributed by atoms with E-state index in [1.165, 1.54) is 38.0 Å². The third-order valence-electron chi connectivity index (χ3n) is 5.82. The number of carbonyl (C=O) groups is 3. The number of hydrogen-bond acceptors (Lipinski definition) is 6. The molecule has 1 aromatic heterocycles. The summed E-state index contributed by atoms with van der Waals surface area (Å²) in [5.74, 6) is 0.0670. The Balaban J connectivity index is 1.74. The molecule has 0 bridgehead atoms. The highest BCUT2D eigenvalue weighted by Gasteiger charge is 2.17. The monoisotopic (exact) mass is 538 g/mol. The van der Waals surface area contributed by atoms with Crippen molar-refractivity contribution in [3.05, 3.63) is 75.5 Å². The van der Waals surface area contributed by atoms with Gasteiger partial charge in [0.05, 0.1) is 19.8 Å². The van der Waals surface area contributed by atoms with E-state index in [0.29, 0.717) is 48.0 Å². The van der Waals surface area contributed by atoms with Crippen molar-refractivity contribution in [3.8, 4) is 11.5 Å². The number of hydrogen-bond donors (Lipinski definition) is 2. The molecular weight excluding hydrogens is 504 g/mol. The van der Waals surface area contributed by atoms with Crippen molar-refractivity contribution in [2.75, 3.05) is 27.3 Å². The van der Waals surface area contributed by atoms with Crippen LogP contribution in [0.15, 0.2) is 58.9 Å². The van der Waals surface area contributed by atoms with Gasteiger partial charge >= 0.3 is 0 Å². The summed E-state index contributed by atoms with van der Waals surface area (Å²) in [6, 6.07) is 15.1. The summed E-state index contributed by atoms with van der Waals surface area (Å²) in [7, 11) is 3.01. The van der Waals surface area contributed by atoms with Crippen molar-refractivity contribution in [2.45, 2.75) is 39.2 Å². The van der Waals surface area contributed by atoms with Crippen LogP contribution >= 0.6 is 11.3 Å². The van der Waals surface area contributed by atoms with Crippen LogP contribution in [0.5, 0.6) is 11.5 Å². The van der Waals surface area contributed by atoms with Crippen LogP contribution in [0.25, 0.3) is 0 Å². The van der Waals surface area contributed by atoms with Gasteiger partial charge in [0.15, 0.2) is 4.80 Å². The number of thiazole rings is 1. The molecule has 10 heteroatoms. The summed E-state index contributed by atoms with van der Waals surface area (Å²) in [6.45, 7) is 2.85. The van der Waals surface area contributed by atoms with E-state index in [-0.39, 0.29) is 17.4 Å². The predicted molar refractivity (Wildman–Crippen MR) is 147 cm³/mol. The van der Waals surface area contributed by atoms with Gasteiger partial charge in [0.25, 0.3) is 11.8 Å². The average Bonchev–Trinajstić information content (AvgIpc) is 3.32. The van der Waals surface area contributed by atoms with Gasteiger partial charge in [-0.3, -0.25) is 14.4 Å². The van der Waals surface area contributed by atoms with Crippen LogP contribution in [-0.4, -0.2) is 49.6 Å². The molecule has 1 heterocycles. The van der Waals surface area contributed by atoms with E-state index in [1.54, 1.807) is 28.1 Å². The Kier molecular flexibility index (Phi) is 11.1. The van der Waals surface area contributed by atoms with E-state index in [2.05, 4.69) is 27.8 Å². The molecule has 0 aliphatic carbocycles. The van der Waals surface area contributed by atoms with E-state index in [4.69, 9.17) is 9.47 Å². The molecule has 0 unspecified atom stereocenters. The van der Waals surface area contributed by atoms with Gasteiger partial charge in [-0.1, -0.05) is 30.3 Å². The zero-order valence-electron chi connectivity index (χ0n) is 22.0. The van der Waals surface area contributed by atoms with Crippen LogP contribution in [0.4, 0.5) is 0 Å². The van der Waals surface area contributed by atoms with E-state index in [1.807, 2.05) is 18.2 Å². The van der Waals surface area contributed by atoms with Crippen molar-refractivity contribution in [1.82, 2.24) is 15.2 Å². The Bertz CT molecular complexity index is 1300. The number of methoxy groups -OCH3 is 2. The summed E-state index contributed by atoms with van der Waals surface area (Å²) < 4.78 is 12.3. The fourth-order valence-electron chi connectivity index (χ4n) is 3.83. The molecule has 0 spiro atoms. The minimum Gasteiger partial charge on any atom is -0.497 e. The smallest absolute Gasteiger partial charge is 0.283 e. The van der Waals surface area contributed by atoms with Crippen molar-refractivity contribution < 1.29 is 23.9 Å². The molecule has 0 saturated carbocycles. The van der Waals surface area contributed by atoms with Gasteiger partial charge in [-0.05, 0) is 43.4 Å². The third-order valence-corrected chi connectivity index (χ3v) is 6.68. The van der Waals surface area contributed by atoms with E-state index < -0.39 is 5.91 Å². The second kappa shape index (κ2) is 14.7. The summed E-state index contributed by atoms with van der Waals surface area (Å²) in [5.41, 5.74) is 1.99. The Labute approximate surface area is 226 Å². The molecule has 3 amide bonds. The highest BCUT2D eigenvalue weighted by molar-refractivity contribution is 7.07. The molecule has 0 atom stereocenters. The molecule has 3 aromatic rings. The van der Waals surface area contributed by atoms with Crippen molar-refractivity contribution in [2.24, 2.45) is 4.99 Å². The molecule has 0 aliphatic heterocycles. The Morgan fingerprint density at radius 2 is 1.71 bits per heavy atom. The Hall–Kier alpha value is -3.92. The second-order valence-corrected chi connectivity index (χ2v) is 9.41. The van der Waals surface area contributed by atoms with Gasteiger partial charge < -0.3 is 24.7 Å². The van der Waals surface area contributed by atoms with Crippen LogP contribution in [0.3, 0.4) is 0 Å². The van der Waals surface area contributed by atoms with Gasteiger partial charge in [-0.25, -0.2) is 0 Å². The number of ether oxygens (including phenoxy) is 2. The molecule has 0 radical (unpaired) electrons. The maximum Gasteiger partial charge on any atom is 0.283 e. The number of carbonyl (C=O) groups excluding carboxylic acids is 3. The maximum absolute atomic E-state index is 13.1. The van der Waals surface area contributed by atoms with Crippen LogP contribution < -0.4 is 24.9 Å². The number of aromatic nitrogens is 1. The molecule has 38 heavy (non-hydrogen) atoms. The van der Waals surface area contributed by atoms with E-state index in [0.717, 1.165) is 19.3 Å². The maximum atomic E-state index is 13.1. The van der Waals surface area contributed by atoms with E-state index in [9.17, 15) is 14.4 Å². The van der Waals surface area contributed by atoms with E-state index >= 15 is 0 Å². The van der Waals surface area contributed by atoms with Crippen LogP contribution in [0, 0.1) is 0 Å². The topological polar surface area (TPSA) is 111 Å². The largest absolute Gasteiger partial charge is 0.497 e. The minimum atomic E-state index is -0.491. The summed E-state index contributed by atoms with van der Waals surface area (Å²) in [5, 5.41) is 7.44. The number of benzene rings is 2. The molecule has 2 aromatic carbocycles. The van der Waals surface area contributed by atoms with Crippen molar-refractivity contribution in [1.29, 1.82) is 0 Å². The molecule has 0 saturated heterocycles. The lowest BCUT2D eigenvalue weighted by Crippen LogP contribution is -2.31. The van der Waals surface area contributed by atoms with Crippen LogP contribution in [-0.2, 0) is 17.8 Å². The Morgan fingerprint density at radius 3 is 2.42 bits per heavy atom. The van der Waals surface area contributed by atoms with Gasteiger partial charge in [0, 0.05) is 38.0 Å². The Morgan fingerprint density at radius 1 is 0.947 bits per heavy atom. The van der Waals surface area contributed by atoms with Crippen molar-refractivity contribution >= 4 is 29.1 Å². The first-order valence-corrected chi connectivity index (χ1v) is 13.4. The molecular formula is C28H34N4O5S. The predicted octanol–water partition coefficient (Wildman–Crippen LogP) is 3.59. The summed E-state index contributed by atoms with van der Waals surface area (Å²) >= 11 is 1.22. The molecule has 202 valence electrons. The number of nitrogens with zero attached hydrogens (tertiary/aromatic N) is 2. The normalized spacial score (nSPS) is 11.2. The lowest BCUT2D eigenvalue weighted by molar-refractivity contribution is -0.118. The quantitative estimate of drug-likeness (QED) is 0.323. The third kappa shape index (κ3) is 8.31. The lowest BCUT2D eigenvalue weighted by Gasteiger charge is -2.10. The molecule has 9 nitrogen and oxygen atoms in total. The highest BCUT2D eigenvalue weighted by atomic mass is 32.1. The highest BCUT2D eigenvalue weighted by Crippen LogP contribution is 2.25. The number of nitrogens with one attached hydrogen (secondary N) is 2. The first kappa shape index (κ1) is 28.6. The standard InChI is InChI=1S/C28H34N4O5S/c1-20(33)29-16-9-17-32-24(27(35)30-15-8-7-12-21-10-5-4-6-11-21)19-38-28(32)31-26(34)23-14-13-22(36-2)18-25(23)37-3/h4-6,10-11,13-14,18-19H,7-9,12,15-17H2,1-3H3,(H,29,33)(H,30,35). The molecule has 0 fully saturated rings. The average molecular weight is 539 g/mol. The second-order valence-electron chi connectivity index (χ2n) is 8.57. The molecule has 0 aliphatic rings. The summed E-state index contributed by atoms with van der Waals surface area (Å²) in [4.78, 5) is 42.0. The lowest BCUT2D eigenvalue weighted by atomic mass is 10.1. The van der Waals surface area contributed by atoms with Gasteiger partial charge in [-0.2, -0.15) is 4.99 Å². The first-order valence-electron chi connectivity index (χ1n) is 12.5. The zero-order valence-corrected chi connectivity index (χ0v) is 22.8. The number of unbranched alkanes of at least 4 members (excludes halogenated alkanes) is 1. The number of rotatable bonds is 13. The SMILES string of the molecule is COc1ccc(C(=O)N=c2scc(C(=O)NCCCCc3ccccc3)n2CCCNC(C)=O)c(OC)c1. The van der Waals surface area contributed by atoms with Crippen LogP contribution in [0.1, 0.15) is 52.6 Å². The zero-order chi connectivity index (χ0) is 27.3. The van der Waals surface area contributed by atoms with Gasteiger partial charge in [-0.15, -0.1) is 11.3 Å². The van der Waals surface area contributed by atoms with Crippen LogP contribution in [0.2, 0.25) is 0 Å². The molecule has 3 rings (SSSR count). The fraction of sp³-hybridized carbons (Fsp3) is 0.357. The van der Waals surface area contributed by atoms with Gasteiger partial charge in [0.2, 0.25) is 5.91 Å². The fourth-order valence-corrected chi connectivity index (χ4v) is 4.74. The van der Waals surface area contributed by atoms with Gasteiger partial charge in [0.1, 0.15) is 17.2 Å². The number of aryl methyl sites for hydroxylation is 1. The first-order chi connectivity index (χ1) is 18.4. The summed E-state index contributed by atoms with van der Waals surface area (Å²) in [6.07, 6.45) is 3.34.